The number of rotatable bonds is 4. The number of hydrogen-bond acceptors (Lipinski definition) is 5. The van der Waals surface area contributed by atoms with E-state index in [1.165, 1.54) is 11.8 Å². The Kier molecular flexibility index (Phi) is 5.78. The molecule has 0 bridgehead atoms. The van der Waals surface area contributed by atoms with E-state index in [9.17, 15) is 13.2 Å². The van der Waals surface area contributed by atoms with Crippen molar-refractivity contribution in [2.75, 3.05) is 18.0 Å². The van der Waals surface area contributed by atoms with Gasteiger partial charge in [-0.25, -0.2) is 0 Å². The highest BCUT2D eigenvalue weighted by atomic mass is 35.5. The average Bonchev–Trinajstić information content (AvgIpc) is 3.50. The quantitative estimate of drug-likeness (QED) is 0.240. The van der Waals surface area contributed by atoms with Gasteiger partial charge in [0.1, 0.15) is 5.69 Å². The van der Waals surface area contributed by atoms with Crippen LogP contribution >= 0.6 is 23.2 Å². The number of anilines is 1. The maximum Gasteiger partial charge on any atom is 0.417 e. The van der Waals surface area contributed by atoms with Crippen LogP contribution in [0.15, 0.2) is 53.5 Å². The van der Waals surface area contributed by atoms with Gasteiger partial charge in [-0.15, -0.1) is 0 Å². The topological polar surface area (TPSA) is 55.1 Å². The van der Waals surface area contributed by atoms with E-state index in [2.05, 4.69) is 33.0 Å². The van der Waals surface area contributed by atoms with Gasteiger partial charge in [0.05, 0.1) is 21.1 Å². The number of halogens is 5. The first-order valence-corrected chi connectivity index (χ1v) is 14.1. The number of allylic oxidation sites excluding steroid dienone is 2. The third kappa shape index (κ3) is 4.18. The number of benzene rings is 1. The van der Waals surface area contributed by atoms with Crippen molar-refractivity contribution in [2.24, 2.45) is 5.41 Å². The third-order valence-corrected chi connectivity index (χ3v) is 9.40. The average molecular weight is 585 g/mol. The zero-order chi connectivity index (χ0) is 27.9. The molecule has 2 aliphatic carbocycles. The molecule has 4 heterocycles. The monoisotopic (exact) mass is 584 g/mol. The summed E-state index contributed by atoms with van der Waals surface area (Å²) in [5.41, 5.74) is 3.93. The van der Waals surface area contributed by atoms with Crippen molar-refractivity contribution < 1.29 is 17.7 Å². The SMILES string of the molecule is CC1(c2onc(-c3c(Cl)cncc3Cl)c2C2=CC3(CCN(c4ccc5nccc(C(F)(F)F)c5c4)CC3)C2)CC1. The first-order chi connectivity index (χ1) is 19.1. The van der Waals surface area contributed by atoms with Gasteiger partial charge in [0, 0.05) is 59.3 Å². The highest BCUT2D eigenvalue weighted by Gasteiger charge is 2.49. The van der Waals surface area contributed by atoms with Crippen molar-refractivity contribution in [3.05, 3.63) is 75.9 Å². The van der Waals surface area contributed by atoms with Gasteiger partial charge in [0.25, 0.3) is 0 Å². The second kappa shape index (κ2) is 8.95. The molecule has 3 aromatic heterocycles. The van der Waals surface area contributed by atoms with Crippen LogP contribution in [0.3, 0.4) is 0 Å². The second-order valence-corrected chi connectivity index (χ2v) is 12.3. The van der Waals surface area contributed by atoms with Gasteiger partial charge in [0.15, 0.2) is 5.76 Å². The molecular formula is C30H25Cl2F3N4O. The Morgan fingerprint density at radius 1 is 0.975 bits per heavy atom. The molecule has 1 saturated carbocycles. The molecule has 0 radical (unpaired) electrons. The van der Waals surface area contributed by atoms with E-state index in [-0.39, 0.29) is 16.2 Å². The number of pyridine rings is 2. The van der Waals surface area contributed by atoms with Crippen molar-refractivity contribution in [3.63, 3.8) is 0 Å². The van der Waals surface area contributed by atoms with E-state index in [0.29, 0.717) is 26.8 Å². The summed E-state index contributed by atoms with van der Waals surface area (Å²) in [5, 5.41) is 5.43. The molecule has 0 unspecified atom stereocenters. The molecule has 1 spiro atoms. The fourth-order valence-corrected chi connectivity index (χ4v) is 6.76. The number of fused-ring (bicyclic) bond motifs is 1. The summed E-state index contributed by atoms with van der Waals surface area (Å²) in [5.74, 6) is 0.884. The minimum Gasteiger partial charge on any atom is -0.371 e. The summed E-state index contributed by atoms with van der Waals surface area (Å²) in [7, 11) is 0. The van der Waals surface area contributed by atoms with E-state index in [1.54, 1.807) is 24.5 Å². The van der Waals surface area contributed by atoms with Gasteiger partial charge in [-0.05, 0) is 67.4 Å². The molecule has 1 aliphatic heterocycles. The van der Waals surface area contributed by atoms with Crippen LogP contribution in [0.4, 0.5) is 18.9 Å². The molecular weight excluding hydrogens is 560 g/mol. The summed E-state index contributed by atoms with van der Waals surface area (Å²) >= 11 is 13.0. The first kappa shape index (κ1) is 25.8. The van der Waals surface area contributed by atoms with Crippen molar-refractivity contribution in [1.82, 2.24) is 15.1 Å². The molecule has 5 nitrogen and oxygen atoms in total. The van der Waals surface area contributed by atoms with Crippen LogP contribution in [0.5, 0.6) is 0 Å². The van der Waals surface area contributed by atoms with Crippen molar-refractivity contribution >= 4 is 45.4 Å². The summed E-state index contributed by atoms with van der Waals surface area (Å²) in [4.78, 5) is 10.4. The Morgan fingerprint density at radius 2 is 1.68 bits per heavy atom. The Hall–Kier alpha value is -3.10. The van der Waals surface area contributed by atoms with Gasteiger partial charge in [0.2, 0.25) is 0 Å². The molecule has 0 amide bonds. The molecule has 40 heavy (non-hydrogen) atoms. The predicted molar refractivity (Wildman–Crippen MR) is 150 cm³/mol. The standard InChI is InChI=1S/C30H25Cl2F3N4O/c1-28(5-6-28)27-24(26(38-40-27)25-21(31)15-36-16-22(25)32)17-13-29(14-17)7-10-39(11-8-29)18-2-3-23-19(12-18)20(4-9-37-23)30(33,34)35/h2-4,9,12-13,15-16H,5-8,10-11,14H2,1H3. The van der Waals surface area contributed by atoms with Crippen LogP contribution < -0.4 is 4.90 Å². The lowest BCUT2D eigenvalue weighted by Crippen LogP contribution is -2.42. The Morgan fingerprint density at radius 3 is 2.33 bits per heavy atom. The number of piperidine rings is 1. The number of aromatic nitrogens is 3. The highest BCUT2D eigenvalue weighted by molar-refractivity contribution is 6.39. The van der Waals surface area contributed by atoms with Gasteiger partial charge in [-0.1, -0.05) is 41.4 Å². The van der Waals surface area contributed by atoms with Crippen molar-refractivity contribution in [2.45, 2.75) is 50.6 Å². The summed E-state index contributed by atoms with van der Waals surface area (Å²) in [6.45, 7) is 3.69. The predicted octanol–water partition coefficient (Wildman–Crippen LogP) is 8.74. The molecule has 1 aromatic carbocycles. The van der Waals surface area contributed by atoms with E-state index >= 15 is 0 Å². The molecule has 206 valence electrons. The number of hydrogen-bond donors (Lipinski definition) is 0. The van der Waals surface area contributed by atoms with Crippen LogP contribution in [-0.2, 0) is 11.6 Å². The van der Waals surface area contributed by atoms with Gasteiger partial charge < -0.3 is 9.42 Å². The van der Waals surface area contributed by atoms with Gasteiger partial charge >= 0.3 is 6.18 Å². The van der Waals surface area contributed by atoms with Crippen LogP contribution in [0.25, 0.3) is 27.7 Å². The lowest BCUT2D eigenvalue weighted by Gasteiger charge is -2.47. The minimum absolute atomic E-state index is 0.0312. The zero-order valence-corrected chi connectivity index (χ0v) is 23.2. The maximum absolute atomic E-state index is 13.6. The molecule has 2 fully saturated rings. The van der Waals surface area contributed by atoms with E-state index in [0.717, 1.165) is 68.3 Å². The number of nitrogens with zero attached hydrogens (tertiary/aromatic N) is 4. The zero-order valence-electron chi connectivity index (χ0n) is 21.7. The molecule has 0 N–H and O–H groups in total. The lowest BCUT2D eigenvalue weighted by atomic mass is 9.63. The molecule has 3 aliphatic rings. The molecule has 7 rings (SSSR count). The second-order valence-electron chi connectivity index (χ2n) is 11.5. The third-order valence-electron chi connectivity index (χ3n) is 8.83. The Balaban J connectivity index is 1.17. The minimum atomic E-state index is -4.43. The molecule has 10 heteroatoms. The van der Waals surface area contributed by atoms with Crippen LogP contribution in [0, 0.1) is 5.41 Å². The molecule has 0 atom stereocenters. The molecule has 4 aromatic rings. The summed E-state index contributed by atoms with van der Waals surface area (Å²) < 4.78 is 46.8. The largest absolute Gasteiger partial charge is 0.417 e. The summed E-state index contributed by atoms with van der Waals surface area (Å²) in [6.07, 6.45) is 7.00. The molecule has 1 saturated heterocycles. The van der Waals surface area contributed by atoms with Crippen molar-refractivity contribution in [1.29, 1.82) is 0 Å². The normalized spacial score (nSPS) is 19.6. The highest BCUT2D eigenvalue weighted by Crippen LogP contribution is 2.58. The fraction of sp³-hybridized carbons (Fsp3) is 0.367. The van der Waals surface area contributed by atoms with Crippen LogP contribution in [0.2, 0.25) is 10.0 Å². The van der Waals surface area contributed by atoms with Crippen LogP contribution in [-0.4, -0.2) is 28.2 Å². The van der Waals surface area contributed by atoms with E-state index < -0.39 is 11.7 Å². The Bertz CT molecular complexity index is 1660. The first-order valence-electron chi connectivity index (χ1n) is 13.3. The Labute approximate surface area is 239 Å². The fourth-order valence-electron chi connectivity index (χ4n) is 6.21. The lowest BCUT2D eigenvalue weighted by molar-refractivity contribution is -0.136. The van der Waals surface area contributed by atoms with Gasteiger partial charge in [-0.3, -0.25) is 9.97 Å². The van der Waals surface area contributed by atoms with E-state index in [1.807, 2.05) is 6.07 Å². The van der Waals surface area contributed by atoms with Crippen LogP contribution in [0.1, 0.15) is 55.9 Å². The smallest absolute Gasteiger partial charge is 0.371 e. The van der Waals surface area contributed by atoms with E-state index in [4.69, 9.17) is 27.7 Å². The van der Waals surface area contributed by atoms with Crippen molar-refractivity contribution in [3.8, 4) is 11.3 Å². The maximum atomic E-state index is 13.6. The van der Waals surface area contributed by atoms with Gasteiger partial charge in [-0.2, -0.15) is 13.2 Å². The summed E-state index contributed by atoms with van der Waals surface area (Å²) in [6, 6.07) is 6.21. The number of alkyl halides is 3.